The average molecular weight is 228 g/mol. The Hall–Kier alpha value is -0.890. The molecule has 2 saturated carbocycles. The Kier molecular flexibility index (Phi) is 2.10. The van der Waals surface area contributed by atoms with Gasteiger partial charge in [-0.05, 0) is 42.7 Å². The lowest BCUT2D eigenvalue weighted by molar-refractivity contribution is 0.00760. The van der Waals surface area contributed by atoms with Gasteiger partial charge in [0.2, 0.25) is 0 Å². The molecule has 0 bridgehead atoms. The van der Waals surface area contributed by atoms with Crippen molar-refractivity contribution in [2.45, 2.75) is 43.9 Å². The third kappa shape index (κ3) is 1.54. The molecule has 2 heterocycles. The molecule has 0 radical (unpaired) electrons. The molecule has 90 valence electrons. The van der Waals surface area contributed by atoms with Crippen molar-refractivity contribution in [3.63, 3.8) is 0 Å². The first kappa shape index (κ1) is 10.1. The average Bonchev–Trinajstić information content (AvgIpc) is 2.13. The highest BCUT2D eigenvalue weighted by Gasteiger charge is 2.48. The van der Waals surface area contributed by atoms with Crippen LogP contribution in [0.5, 0.6) is 0 Å². The van der Waals surface area contributed by atoms with Crippen LogP contribution in [0.2, 0.25) is 0 Å². The Balaban J connectivity index is 1.44. The van der Waals surface area contributed by atoms with Gasteiger partial charge in [0, 0.05) is 36.8 Å². The summed E-state index contributed by atoms with van der Waals surface area (Å²) in [5.74, 6) is 1.49. The van der Waals surface area contributed by atoms with Crippen molar-refractivity contribution in [3.8, 4) is 0 Å². The molecule has 3 aliphatic rings. The molecule has 0 amide bonds. The molecule has 2 heteroatoms. The van der Waals surface area contributed by atoms with Crippen molar-refractivity contribution in [2.24, 2.45) is 5.41 Å². The highest BCUT2D eigenvalue weighted by atomic mass is 14.9. The van der Waals surface area contributed by atoms with E-state index in [4.69, 9.17) is 4.98 Å². The highest BCUT2D eigenvalue weighted by molar-refractivity contribution is 5.25. The molecule has 2 aliphatic carbocycles. The molecule has 0 aromatic carbocycles. The third-order valence-corrected chi connectivity index (χ3v) is 5.25. The second-order valence-corrected chi connectivity index (χ2v) is 6.33. The van der Waals surface area contributed by atoms with Gasteiger partial charge in [-0.3, -0.25) is 4.98 Å². The van der Waals surface area contributed by atoms with Crippen LogP contribution in [0.1, 0.15) is 55.2 Å². The molecular weight excluding hydrogens is 208 g/mol. The van der Waals surface area contributed by atoms with Gasteiger partial charge in [0.15, 0.2) is 0 Å². The number of rotatable bonds is 2. The maximum Gasteiger partial charge on any atom is 0.0435 e. The molecule has 1 aliphatic heterocycles. The van der Waals surface area contributed by atoms with E-state index >= 15 is 0 Å². The summed E-state index contributed by atoms with van der Waals surface area (Å²) in [5, 5.41) is 3.32. The second kappa shape index (κ2) is 3.55. The predicted octanol–water partition coefficient (Wildman–Crippen LogP) is 2.82. The first-order valence-corrected chi connectivity index (χ1v) is 7.01. The standard InChI is InChI=1S/C15H20N2/c1-4-15(5-1)6-12(7-15)14-3-2-11(10-17-14)13-8-16-9-13/h2-3,10,12-13,16H,1,4-9H2. The fraction of sp³-hybridized carbons (Fsp3) is 0.667. The minimum Gasteiger partial charge on any atom is -0.315 e. The van der Waals surface area contributed by atoms with Crippen LogP contribution in [0.3, 0.4) is 0 Å². The van der Waals surface area contributed by atoms with Crippen molar-refractivity contribution in [1.82, 2.24) is 10.3 Å². The first-order valence-electron chi connectivity index (χ1n) is 7.01. The van der Waals surface area contributed by atoms with E-state index in [0.717, 1.165) is 30.3 Å². The van der Waals surface area contributed by atoms with Crippen LogP contribution < -0.4 is 5.32 Å². The maximum atomic E-state index is 4.70. The number of nitrogens with one attached hydrogen (secondary N) is 1. The van der Waals surface area contributed by atoms with Gasteiger partial charge in [0.1, 0.15) is 0 Å². The number of hydrogen-bond donors (Lipinski definition) is 1. The molecule has 0 unspecified atom stereocenters. The van der Waals surface area contributed by atoms with Crippen LogP contribution in [-0.4, -0.2) is 18.1 Å². The molecule has 1 N–H and O–H groups in total. The summed E-state index contributed by atoms with van der Waals surface area (Å²) in [7, 11) is 0. The fourth-order valence-corrected chi connectivity index (χ4v) is 3.70. The van der Waals surface area contributed by atoms with Crippen LogP contribution in [0.25, 0.3) is 0 Å². The topological polar surface area (TPSA) is 24.9 Å². The van der Waals surface area contributed by atoms with E-state index in [-0.39, 0.29) is 0 Å². The minimum atomic E-state index is 0.718. The van der Waals surface area contributed by atoms with Crippen molar-refractivity contribution in [1.29, 1.82) is 0 Å². The highest BCUT2D eigenvalue weighted by Crippen LogP contribution is 2.61. The van der Waals surface area contributed by atoms with Crippen molar-refractivity contribution >= 4 is 0 Å². The summed E-state index contributed by atoms with van der Waals surface area (Å²) >= 11 is 0. The van der Waals surface area contributed by atoms with Crippen LogP contribution in [0.15, 0.2) is 18.3 Å². The van der Waals surface area contributed by atoms with Gasteiger partial charge in [-0.15, -0.1) is 0 Å². The monoisotopic (exact) mass is 228 g/mol. The minimum absolute atomic E-state index is 0.718. The van der Waals surface area contributed by atoms with Crippen LogP contribution in [0, 0.1) is 5.41 Å². The smallest absolute Gasteiger partial charge is 0.0435 e. The van der Waals surface area contributed by atoms with E-state index in [1.165, 1.54) is 43.4 Å². The van der Waals surface area contributed by atoms with E-state index in [0.29, 0.717) is 0 Å². The Morgan fingerprint density at radius 1 is 1.12 bits per heavy atom. The zero-order chi connectivity index (χ0) is 11.3. The summed E-state index contributed by atoms with van der Waals surface area (Å²) in [4.78, 5) is 4.70. The summed E-state index contributed by atoms with van der Waals surface area (Å²) in [6.45, 7) is 2.27. The van der Waals surface area contributed by atoms with Crippen molar-refractivity contribution in [2.75, 3.05) is 13.1 Å². The first-order chi connectivity index (χ1) is 8.35. The van der Waals surface area contributed by atoms with Gasteiger partial charge < -0.3 is 5.32 Å². The Labute approximate surface area is 103 Å². The maximum absolute atomic E-state index is 4.70. The second-order valence-electron chi connectivity index (χ2n) is 6.33. The Bertz CT molecular complexity index is 407. The van der Waals surface area contributed by atoms with E-state index in [1.54, 1.807) is 0 Å². The lowest BCUT2D eigenvalue weighted by atomic mass is 9.51. The molecular formula is C15H20N2. The van der Waals surface area contributed by atoms with Gasteiger partial charge in [-0.25, -0.2) is 0 Å². The third-order valence-electron chi connectivity index (χ3n) is 5.25. The molecule has 1 aromatic heterocycles. The molecule has 1 aromatic rings. The van der Waals surface area contributed by atoms with Crippen LogP contribution >= 0.6 is 0 Å². The van der Waals surface area contributed by atoms with E-state index in [2.05, 4.69) is 23.6 Å². The SMILES string of the molecule is c1cc(C2CC3(CCC3)C2)ncc1C1CNC1. The molecule has 4 rings (SSSR count). The fourth-order valence-electron chi connectivity index (χ4n) is 3.70. The predicted molar refractivity (Wildman–Crippen MR) is 68.1 cm³/mol. The number of nitrogens with zero attached hydrogens (tertiary/aromatic N) is 1. The molecule has 3 fully saturated rings. The van der Waals surface area contributed by atoms with Crippen LogP contribution in [0.4, 0.5) is 0 Å². The zero-order valence-electron chi connectivity index (χ0n) is 10.3. The summed E-state index contributed by atoms with van der Waals surface area (Å²) < 4.78 is 0. The summed E-state index contributed by atoms with van der Waals surface area (Å²) in [5.41, 5.74) is 3.53. The van der Waals surface area contributed by atoms with Crippen molar-refractivity contribution in [3.05, 3.63) is 29.6 Å². The number of aromatic nitrogens is 1. The summed E-state index contributed by atoms with van der Waals surface area (Å²) in [6, 6.07) is 4.59. The number of pyridine rings is 1. The molecule has 1 spiro atoms. The summed E-state index contributed by atoms with van der Waals surface area (Å²) in [6.07, 6.45) is 9.36. The quantitative estimate of drug-likeness (QED) is 0.842. The molecule has 2 nitrogen and oxygen atoms in total. The van der Waals surface area contributed by atoms with Gasteiger partial charge in [-0.2, -0.15) is 0 Å². The Morgan fingerprint density at radius 3 is 2.41 bits per heavy atom. The van der Waals surface area contributed by atoms with E-state index in [1.807, 2.05) is 0 Å². The van der Waals surface area contributed by atoms with Gasteiger partial charge in [0.25, 0.3) is 0 Å². The van der Waals surface area contributed by atoms with Gasteiger partial charge >= 0.3 is 0 Å². The Morgan fingerprint density at radius 2 is 1.94 bits per heavy atom. The van der Waals surface area contributed by atoms with Gasteiger partial charge in [0.05, 0.1) is 0 Å². The molecule has 17 heavy (non-hydrogen) atoms. The molecule has 1 saturated heterocycles. The lowest BCUT2D eigenvalue weighted by Gasteiger charge is -2.54. The number of hydrogen-bond acceptors (Lipinski definition) is 2. The lowest BCUT2D eigenvalue weighted by Crippen LogP contribution is -2.42. The van der Waals surface area contributed by atoms with E-state index < -0.39 is 0 Å². The normalized spacial score (nSPS) is 27.3. The van der Waals surface area contributed by atoms with Crippen LogP contribution in [-0.2, 0) is 0 Å². The van der Waals surface area contributed by atoms with Gasteiger partial charge in [-0.1, -0.05) is 12.5 Å². The largest absolute Gasteiger partial charge is 0.315 e. The van der Waals surface area contributed by atoms with E-state index in [9.17, 15) is 0 Å². The van der Waals surface area contributed by atoms with Crippen molar-refractivity contribution < 1.29 is 0 Å². The zero-order valence-corrected chi connectivity index (χ0v) is 10.3. The molecule has 0 atom stereocenters.